The Bertz CT molecular complexity index is 463. The smallest absolute Gasteiger partial charge is 0.264 e. The molecule has 20 heavy (non-hydrogen) atoms. The van der Waals surface area contributed by atoms with Crippen molar-refractivity contribution in [2.75, 3.05) is 17.6 Å². The minimum Gasteiger partial charge on any atom is -0.382 e. The van der Waals surface area contributed by atoms with Crippen LogP contribution in [-0.4, -0.2) is 31.3 Å². The second kappa shape index (κ2) is 8.94. The zero-order valence-corrected chi connectivity index (χ0v) is 12.5. The maximum atomic E-state index is 10.9. The highest BCUT2D eigenvalue weighted by Crippen LogP contribution is 2.14. The molecule has 0 saturated carbocycles. The van der Waals surface area contributed by atoms with Crippen molar-refractivity contribution < 1.29 is 13.0 Å². The Morgan fingerprint density at radius 3 is 2.40 bits per heavy atom. The first-order valence-corrected chi connectivity index (χ1v) is 8.59. The molecule has 1 unspecified atom stereocenters. The molecule has 4 N–H and O–H groups in total. The van der Waals surface area contributed by atoms with Crippen LogP contribution < -0.4 is 11.1 Å². The highest BCUT2D eigenvalue weighted by atomic mass is 32.2. The zero-order chi connectivity index (χ0) is 14.8. The molecule has 0 aliphatic heterocycles. The van der Waals surface area contributed by atoms with Gasteiger partial charge < -0.3 is 11.1 Å². The maximum absolute atomic E-state index is 10.9. The number of para-hydroxylation sites is 1. The summed E-state index contributed by atoms with van der Waals surface area (Å²) in [4.78, 5) is 0. The molecule has 0 aliphatic carbocycles. The lowest BCUT2D eigenvalue weighted by atomic mass is 10.1. The van der Waals surface area contributed by atoms with Crippen LogP contribution in [0, 0.1) is 0 Å². The summed E-state index contributed by atoms with van der Waals surface area (Å²) in [6, 6.07) is 9.71. The zero-order valence-electron chi connectivity index (χ0n) is 11.7. The maximum Gasteiger partial charge on any atom is 0.264 e. The molecule has 0 radical (unpaired) electrons. The van der Waals surface area contributed by atoms with Crippen LogP contribution >= 0.6 is 0 Å². The van der Waals surface area contributed by atoms with Gasteiger partial charge >= 0.3 is 0 Å². The van der Waals surface area contributed by atoms with E-state index in [-0.39, 0.29) is 11.8 Å². The second-order valence-electron chi connectivity index (χ2n) is 4.92. The van der Waals surface area contributed by atoms with Crippen molar-refractivity contribution in [2.24, 2.45) is 5.73 Å². The van der Waals surface area contributed by atoms with Crippen molar-refractivity contribution >= 4 is 15.8 Å². The highest BCUT2D eigenvalue weighted by molar-refractivity contribution is 7.85. The molecule has 1 aromatic rings. The van der Waals surface area contributed by atoms with Gasteiger partial charge in [-0.05, 0) is 37.9 Å². The summed E-state index contributed by atoms with van der Waals surface area (Å²) in [6.45, 7) is 0.682. The van der Waals surface area contributed by atoms with E-state index in [1.165, 1.54) is 0 Å². The Labute approximate surface area is 121 Å². The molecule has 1 aromatic carbocycles. The van der Waals surface area contributed by atoms with Crippen molar-refractivity contribution in [1.82, 2.24) is 0 Å². The monoisotopic (exact) mass is 300 g/mol. The summed E-state index contributed by atoms with van der Waals surface area (Å²) in [6.07, 6.45) is 4.28. The first-order chi connectivity index (χ1) is 9.51. The Hall–Kier alpha value is -1.11. The molecule has 0 aliphatic rings. The fourth-order valence-electron chi connectivity index (χ4n) is 2.06. The SMILES string of the molecule is NCCCCCC(CCS(=O)(=O)O)Nc1ccccc1. The van der Waals surface area contributed by atoms with E-state index in [4.69, 9.17) is 10.3 Å². The average Bonchev–Trinajstić information content (AvgIpc) is 2.41. The van der Waals surface area contributed by atoms with Gasteiger partial charge in [-0.2, -0.15) is 8.42 Å². The van der Waals surface area contributed by atoms with Crippen LogP contribution in [-0.2, 0) is 10.1 Å². The number of hydrogen-bond acceptors (Lipinski definition) is 4. The number of unbranched alkanes of at least 4 members (excludes halogenated alkanes) is 2. The summed E-state index contributed by atoms with van der Waals surface area (Å²) in [7, 11) is -3.91. The van der Waals surface area contributed by atoms with E-state index in [1.807, 2.05) is 30.3 Å². The lowest BCUT2D eigenvalue weighted by Crippen LogP contribution is -2.23. The van der Waals surface area contributed by atoms with Gasteiger partial charge in [0.2, 0.25) is 0 Å². The third-order valence-corrected chi connectivity index (χ3v) is 3.88. The summed E-state index contributed by atoms with van der Waals surface area (Å²) >= 11 is 0. The van der Waals surface area contributed by atoms with Crippen molar-refractivity contribution in [1.29, 1.82) is 0 Å². The van der Waals surface area contributed by atoms with Crippen LogP contribution in [0.1, 0.15) is 32.1 Å². The largest absolute Gasteiger partial charge is 0.382 e. The molecule has 0 spiro atoms. The second-order valence-corrected chi connectivity index (χ2v) is 6.49. The third kappa shape index (κ3) is 8.14. The van der Waals surface area contributed by atoms with Crippen molar-refractivity contribution in [2.45, 2.75) is 38.1 Å². The van der Waals surface area contributed by atoms with E-state index in [1.54, 1.807) is 0 Å². The number of rotatable bonds is 10. The van der Waals surface area contributed by atoms with E-state index in [2.05, 4.69) is 5.32 Å². The molecule has 0 aromatic heterocycles. The van der Waals surface area contributed by atoms with Crippen LogP contribution in [0.15, 0.2) is 30.3 Å². The van der Waals surface area contributed by atoms with Crippen LogP contribution in [0.2, 0.25) is 0 Å². The van der Waals surface area contributed by atoms with Gasteiger partial charge in [-0.1, -0.05) is 31.0 Å². The molecule has 0 bridgehead atoms. The van der Waals surface area contributed by atoms with Gasteiger partial charge in [-0.15, -0.1) is 0 Å². The Kier molecular flexibility index (Phi) is 7.58. The Balaban J connectivity index is 2.49. The topological polar surface area (TPSA) is 92.4 Å². The first-order valence-electron chi connectivity index (χ1n) is 6.98. The standard InChI is InChI=1S/C14H24N2O3S/c15-11-6-2-5-9-14(10-12-20(17,18)19)16-13-7-3-1-4-8-13/h1,3-4,7-8,14,16H,2,5-6,9-12,15H2,(H,17,18,19). The van der Waals surface area contributed by atoms with Gasteiger partial charge in [0, 0.05) is 11.7 Å². The molecule has 0 amide bonds. The van der Waals surface area contributed by atoms with Gasteiger partial charge in [0.25, 0.3) is 10.1 Å². The number of benzene rings is 1. The van der Waals surface area contributed by atoms with Gasteiger partial charge in [0.05, 0.1) is 5.75 Å². The number of nitrogens with one attached hydrogen (secondary N) is 1. The molecule has 0 saturated heterocycles. The summed E-state index contributed by atoms with van der Waals surface area (Å²) in [5, 5.41) is 3.32. The van der Waals surface area contributed by atoms with Gasteiger partial charge in [0.15, 0.2) is 0 Å². The lowest BCUT2D eigenvalue weighted by Gasteiger charge is -2.19. The Morgan fingerprint density at radius 2 is 1.80 bits per heavy atom. The summed E-state index contributed by atoms with van der Waals surface area (Å²) in [5.74, 6) is -0.214. The average molecular weight is 300 g/mol. The van der Waals surface area contributed by atoms with E-state index in [0.29, 0.717) is 13.0 Å². The van der Waals surface area contributed by atoms with Gasteiger partial charge in [0.1, 0.15) is 0 Å². The van der Waals surface area contributed by atoms with Crippen LogP contribution in [0.4, 0.5) is 5.69 Å². The predicted molar refractivity (Wildman–Crippen MR) is 82.4 cm³/mol. The van der Waals surface area contributed by atoms with Gasteiger partial charge in [-0.3, -0.25) is 4.55 Å². The normalized spacial score (nSPS) is 13.1. The molecule has 0 fully saturated rings. The minimum absolute atomic E-state index is 0.0390. The van der Waals surface area contributed by atoms with Crippen LogP contribution in [0.3, 0.4) is 0 Å². The molecule has 114 valence electrons. The summed E-state index contributed by atoms with van der Waals surface area (Å²) < 4.78 is 30.6. The number of nitrogens with two attached hydrogens (primary N) is 1. The minimum atomic E-state index is -3.91. The van der Waals surface area contributed by atoms with Crippen LogP contribution in [0.25, 0.3) is 0 Å². The molecule has 6 heteroatoms. The molecule has 1 rings (SSSR count). The van der Waals surface area contributed by atoms with Crippen molar-refractivity contribution in [3.05, 3.63) is 30.3 Å². The quantitative estimate of drug-likeness (QED) is 0.455. The molecular formula is C14H24N2O3S. The van der Waals surface area contributed by atoms with E-state index in [9.17, 15) is 8.42 Å². The first kappa shape index (κ1) is 16.9. The predicted octanol–water partition coefficient (Wildman–Crippen LogP) is 2.26. The highest BCUT2D eigenvalue weighted by Gasteiger charge is 2.13. The van der Waals surface area contributed by atoms with E-state index in [0.717, 1.165) is 31.4 Å². The molecular weight excluding hydrogens is 276 g/mol. The van der Waals surface area contributed by atoms with Gasteiger partial charge in [-0.25, -0.2) is 0 Å². The summed E-state index contributed by atoms with van der Waals surface area (Å²) in [5.41, 5.74) is 6.42. The molecule has 5 nitrogen and oxygen atoms in total. The fourth-order valence-corrected chi connectivity index (χ4v) is 2.64. The van der Waals surface area contributed by atoms with E-state index >= 15 is 0 Å². The lowest BCUT2D eigenvalue weighted by molar-refractivity contribution is 0.475. The number of anilines is 1. The number of hydrogen-bond donors (Lipinski definition) is 3. The van der Waals surface area contributed by atoms with E-state index < -0.39 is 10.1 Å². The fraction of sp³-hybridized carbons (Fsp3) is 0.571. The molecule has 0 heterocycles. The van der Waals surface area contributed by atoms with Crippen molar-refractivity contribution in [3.63, 3.8) is 0 Å². The molecule has 1 atom stereocenters. The third-order valence-electron chi connectivity index (χ3n) is 3.13. The van der Waals surface area contributed by atoms with Crippen LogP contribution in [0.5, 0.6) is 0 Å². The van der Waals surface area contributed by atoms with Crippen molar-refractivity contribution in [3.8, 4) is 0 Å². The Morgan fingerprint density at radius 1 is 1.10 bits per heavy atom.